The van der Waals surface area contributed by atoms with Crippen LogP contribution in [0.25, 0.3) is 65.0 Å². The van der Waals surface area contributed by atoms with Gasteiger partial charge in [0.25, 0.3) is 0 Å². The lowest BCUT2D eigenvalue weighted by Gasteiger charge is -2.20. The summed E-state index contributed by atoms with van der Waals surface area (Å²) < 4.78 is 2.73. The van der Waals surface area contributed by atoms with E-state index in [4.69, 9.17) is 0 Å². The molecular weight excluding hydrogens is 575 g/mol. The molecular formula is C44H41NS. The first-order valence-electron chi connectivity index (χ1n) is 16.6. The predicted octanol–water partition coefficient (Wildman–Crippen LogP) is 13.0. The van der Waals surface area contributed by atoms with Gasteiger partial charge in [0, 0.05) is 42.3 Å². The number of benzene rings is 5. The number of hydrogen-bond donors (Lipinski definition) is 1. The van der Waals surface area contributed by atoms with E-state index in [0.717, 1.165) is 12.8 Å². The fourth-order valence-electron chi connectivity index (χ4n) is 7.09. The summed E-state index contributed by atoms with van der Waals surface area (Å²) in [4.78, 5) is 3.69. The smallest absolute Gasteiger partial charge is 0.0462 e. The zero-order chi connectivity index (χ0) is 31.8. The summed E-state index contributed by atoms with van der Waals surface area (Å²) in [5.74, 6) is 0. The zero-order valence-electron chi connectivity index (χ0n) is 27.7. The molecule has 2 heterocycles. The molecule has 0 bridgehead atoms. The fraction of sp³-hybridized carbons (Fsp3) is 0.227. The third-order valence-corrected chi connectivity index (χ3v) is 11.1. The molecule has 8 rings (SSSR count). The van der Waals surface area contributed by atoms with E-state index in [0.29, 0.717) is 0 Å². The molecule has 7 aromatic rings. The van der Waals surface area contributed by atoms with Crippen molar-refractivity contribution in [2.24, 2.45) is 0 Å². The Morgan fingerprint density at radius 2 is 1.17 bits per heavy atom. The number of fused-ring (bicyclic) bond motifs is 6. The lowest BCUT2D eigenvalue weighted by atomic mass is 9.85. The van der Waals surface area contributed by atoms with E-state index < -0.39 is 0 Å². The average Bonchev–Trinajstić information content (AvgIpc) is 3.61. The van der Waals surface area contributed by atoms with Gasteiger partial charge in [-0.2, -0.15) is 0 Å². The van der Waals surface area contributed by atoms with Crippen molar-refractivity contribution in [3.63, 3.8) is 0 Å². The summed E-state index contributed by atoms with van der Waals surface area (Å²) in [5.41, 5.74) is 14.8. The molecule has 228 valence electrons. The Kier molecular flexibility index (Phi) is 6.67. The lowest BCUT2D eigenvalue weighted by Crippen LogP contribution is -2.10. The molecule has 46 heavy (non-hydrogen) atoms. The number of hydrogen-bond acceptors (Lipinski definition) is 1. The van der Waals surface area contributed by atoms with Crippen LogP contribution in [0.3, 0.4) is 0 Å². The second-order valence-electron chi connectivity index (χ2n) is 15.1. The zero-order valence-corrected chi connectivity index (χ0v) is 28.5. The summed E-state index contributed by atoms with van der Waals surface area (Å²) in [6.45, 7) is 13.7. The molecule has 0 radical (unpaired) electrons. The van der Waals surface area contributed by atoms with Crippen molar-refractivity contribution in [3.05, 3.63) is 131 Å². The number of rotatable bonds is 3. The van der Waals surface area contributed by atoms with Gasteiger partial charge in [0.05, 0.1) is 0 Å². The van der Waals surface area contributed by atoms with Crippen molar-refractivity contribution in [1.82, 2.24) is 4.98 Å². The van der Waals surface area contributed by atoms with Crippen LogP contribution in [0.4, 0.5) is 0 Å². The highest BCUT2D eigenvalue weighted by atomic mass is 32.1. The first kappa shape index (κ1) is 29.0. The van der Waals surface area contributed by atoms with Crippen molar-refractivity contribution in [2.45, 2.75) is 65.2 Å². The van der Waals surface area contributed by atoms with Crippen LogP contribution in [-0.4, -0.2) is 4.98 Å². The molecule has 0 saturated carbocycles. The summed E-state index contributed by atoms with van der Waals surface area (Å²) in [6, 6.07) is 39.1. The van der Waals surface area contributed by atoms with E-state index in [1.54, 1.807) is 0 Å². The molecule has 0 aliphatic heterocycles. The normalized spacial score (nSPS) is 13.8. The van der Waals surface area contributed by atoms with Crippen LogP contribution in [0.5, 0.6) is 0 Å². The maximum absolute atomic E-state index is 3.69. The first-order valence-corrected chi connectivity index (χ1v) is 17.4. The molecule has 2 aromatic heterocycles. The number of allylic oxidation sites excluding steroid dienone is 1. The number of thiophene rings is 1. The van der Waals surface area contributed by atoms with Gasteiger partial charge in [0.1, 0.15) is 0 Å². The van der Waals surface area contributed by atoms with Crippen molar-refractivity contribution in [3.8, 4) is 22.3 Å². The maximum Gasteiger partial charge on any atom is 0.0462 e. The summed E-state index contributed by atoms with van der Waals surface area (Å²) >= 11 is 1.94. The van der Waals surface area contributed by atoms with Gasteiger partial charge < -0.3 is 4.98 Å². The van der Waals surface area contributed by atoms with Gasteiger partial charge in [-0.05, 0) is 105 Å². The Labute approximate surface area is 276 Å². The summed E-state index contributed by atoms with van der Waals surface area (Å²) in [6.07, 6.45) is 4.52. The number of H-pyrrole nitrogens is 1. The molecule has 1 aliphatic carbocycles. The Balaban J connectivity index is 1.32. The van der Waals surface area contributed by atoms with Gasteiger partial charge in [0.2, 0.25) is 0 Å². The minimum Gasteiger partial charge on any atom is -0.358 e. The Bertz CT molecular complexity index is 2290. The van der Waals surface area contributed by atoms with Crippen LogP contribution < -0.4 is 0 Å². The van der Waals surface area contributed by atoms with Gasteiger partial charge in [-0.3, -0.25) is 0 Å². The van der Waals surface area contributed by atoms with Crippen LogP contribution in [0.15, 0.2) is 103 Å². The largest absolute Gasteiger partial charge is 0.358 e. The monoisotopic (exact) mass is 615 g/mol. The van der Waals surface area contributed by atoms with Gasteiger partial charge >= 0.3 is 0 Å². The second kappa shape index (κ2) is 10.6. The minimum atomic E-state index is 0.128. The highest BCUT2D eigenvalue weighted by Gasteiger charge is 2.21. The fourth-order valence-corrected chi connectivity index (χ4v) is 8.30. The van der Waals surface area contributed by atoms with E-state index in [2.05, 4.69) is 156 Å². The third-order valence-electron chi connectivity index (χ3n) is 9.88. The molecule has 2 heteroatoms. The molecule has 0 spiro atoms. The van der Waals surface area contributed by atoms with E-state index in [1.165, 1.54) is 86.8 Å². The number of aromatic nitrogens is 1. The molecule has 1 aliphatic rings. The molecule has 0 atom stereocenters. The highest BCUT2D eigenvalue weighted by molar-refractivity contribution is 7.26. The second-order valence-corrected chi connectivity index (χ2v) is 16.2. The molecule has 1 N–H and O–H groups in total. The summed E-state index contributed by atoms with van der Waals surface area (Å²) in [5, 5.41) is 4.01. The number of aryl methyl sites for hydroxylation is 1. The van der Waals surface area contributed by atoms with Crippen LogP contribution in [0, 0.1) is 0 Å². The Morgan fingerprint density at radius 1 is 0.565 bits per heavy atom. The standard InChI is InChI=1S/C44H41NS/c1-43(2,3)32-17-11-27(12-18-32)29-16-22-41-37(23-29)38-26-31(28-13-19-33(20-14-28)44(4,5)6)25-35(42(38)46-41)30-15-21-40-36(24-30)34-9-7-8-10-39(34)45-40/h7-14,16-20,22-26,45H,15,21H2,1-6H3. The molecule has 5 aromatic carbocycles. The minimum absolute atomic E-state index is 0.128. The van der Waals surface area contributed by atoms with Crippen molar-refractivity contribution in [2.75, 3.05) is 0 Å². The van der Waals surface area contributed by atoms with Crippen LogP contribution >= 0.6 is 11.3 Å². The maximum atomic E-state index is 3.69. The van der Waals surface area contributed by atoms with E-state index in [1.807, 2.05) is 11.3 Å². The van der Waals surface area contributed by atoms with Crippen LogP contribution in [-0.2, 0) is 17.3 Å². The molecule has 1 nitrogen and oxygen atoms in total. The van der Waals surface area contributed by atoms with Gasteiger partial charge in [0.15, 0.2) is 0 Å². The van der Waals surface area contributed by atoms with E-state index in [9.17, 15) is 0 Å². The van der Waals surface area contributed by atoms with Gasteiger partial charge in [-0.15, -0.1) is 11.3 Å². The Hall–Kier alpha value is -4.40. The highest BCUT2D eigenvalue weighted by Crippen LogP contribution is 2.45. The average molecular weight is 616 g/mol. The number of aromatic amines is 1. The quantitative estimate of drug-likeness (QED) is 0.204. The third kappa shape index (κ3) is 5.00. The van der Waals surface area contributed by atoms with Gasteiger partial charge in [-0.25, -0.2) is 0 Å². The predicted molar refractivity (Wildman–Crippen MR) is 202 cm³/mol. The SMILES string of the molecule is CC(C)(C)c1ccc(-c2ccc3sc4c(C5=Cc6c([nH]c7ccccc67)CC5)cc(-c5ccc(C(C)(C)C)cc5)cc4c3c2)cc1. The Morgan fingerprint density at radius 3 is 1.85 bits per heavy atom. The van der Waals surface area contributed by atoms with Crippen LogP contribution in [0.2, 0.25) is 0 Å². The molecule has 0 amide bonds. The van der Waals surface area contributed by atoms with Crippen molar-refractivity contribution in [1.29, 1.82) is 0 Å². The van der Waals surface area contributed by atoms with Crippen molar-refractivity contribution >= 4 is 54.1 Å². The lowest BCUT2D eigenvalue weighted by molar-refractivity contribution is 0.590. The summed E-state index contributed by atoms with van der Waals surface area (Å²) in [7, 11) is 0. The molecule has 0 saturated heterocycles. The molecule has 0 fully saturated rings. The first-order chi connectivity index (χ1) is 22.0. The number of nitrogens with one attached hydrogen (secondary N) is 1. The molecule has 0 unspecified atom stereocenters. The topological polar surface area (TPSA) is 15.8 Å². The number of para-hydroxylation sites is 1. The van der Waals surface area contributed by atoms with E-state index in [-0.39, 0.29) is 10.8 Å². The van der Waals surface area contributed by atoms with Crippen molar-refractivity contribution < 1.29 is 0 Å². The van der Waals surface area contributed by atoms with Crippen LogP contribution in [0.1, 0.15) is 75.9 Å². The van der Waals surface area contributed by atoms with Gasteiger partial charge in [-0.1, -0.05) is 114 Å². The van der Waals surface area contributed by atoms with E-state index >= 15 is 0 Å².